The summed E-state index contributed by atoms with van der Waals surface area (Å²) < 4.78 is 57.9. The number of methoxy groups -OCH3 is 2. The number of nitrogens with one attached hydrogen (secondary N) is 2. The first-order valence-corrected chi connectivity index (χ1v) is 12.6. The number of hydrogen-bond donors (Lipinski definition) is 2. The van der Waals surface area contributed by atoms with Crippen LogP contribution < -0.4 is 19.5 Å². The Labute approximate surface area is 231 Å². The van der Waals surface area contributed by atoms with Gasteiger partial charge >= 0.3 is 6.18 Å². The van der Waals surface area contributed by atoms with Gasteiger partial charge in [-0.25, -0.2) is 0 Å². The zero-order valence-electron chi connectivity index (χ0n) is 20.6. The molecular weight excluding hydrogens is 557 g/mol. The number of carbonyl (C=O) groups excluding carboxylic acids is 1. The Balaban J connectivity index is 1.56. The van der Waals surface area contributed by atoms with Crippen molar-refractivity contribution >= 4 is 35.1 Å². The topological polar surface area (TPSA) is 98.5 Å². The van der Waals surface area contributed by atoms with Gasteiger partial charge in [0.1, 0.15) is 11.5 Å². The lowest BCUT2D eigenvalue weighted by Gasteiger charge is -2.13. The normalized spacial score (nSPS) is 11.3. The number of amides is 1. The molecule has 3 aromatic carbocycles. The van der Waals surface area contributed by atoms with E-state index in [1.165, 1.54) is 19.2 Å². The third-order valence-corrected chi connectivity index (χ3v) is 6.64. The number of anilines is 1. The van der Waals surface area contributed by atoms with Crippen molar-refractivity contribution in [2.45, 2.75) is 24.0 Å². The van der Waals surface area contributed by atoms with Crippen LogP contribution in [0.3, 0.4) is 0 Å². The summed E-state index contributed by atoms with van der Waals surface area (Å²) in [7, 11) is 3.08. The minimum Gasteiger partial charge on any atom is -0.497 e. The van der Waals surface area contributed by atoms with Crippen molar-refractivity contribution in [1.29, 1.82) is 0 Å². The number of nitrogens with zero attached hydrogens (tertiary/aromatic N) is 2. The maximum absolute atomic E-state index is 13.1. The Kier molecular flexibility index (Phi) is 9.00. The zero-order chi connectivity index (χ0) is 28.0. The first kappa shape index (κ1) is 28.3. The molecule has 39 heavy (non-hydrogen) atoms. The summed E-state index contributed by atoms with van der Waals surface area (Å²) in [6.07, 6.45) is -4.72. The van der Waals surface area contributed by atoms with E-state index >= 15 is 0 Å². The lowest BCUT2D eigenvalue weighted by atomic mass is 10.1. The monoisotopic (exact) mass is 578 g/mol. The summed E-state index contributed by atoms with van der Waals surface area (Å²) in [6.45, 7) is 0.331. The summed E-state index contributed by atoms with van der Waals surface area (Å²) in [5.41, 5.74) is 2.14. The number of alkyl halides is 3. The molecule has 1 amide bonds. The third-order valence-electron chi connectivity index (χ3n) is 5.42. The number of aromatic nitrogens is 2. The first-order valence-electron chi connectivity index (χ1n) is 11.4. The minimum absolute atomic E-state index is 0.0397. The quantitative estimate of drug-likeness (QED) is 0.209. The molecule has 0 saturated carbocycles. The summed E-state index contributed by atoms with van der Waals surface area (Å²) in [4.78, 5) is 16.6. The van der Waals surface area contributed by atoms with E-state index in [1.807, 2.05) is 6.07 Å². The number of ether oxygens (including phenoxy) is 2. The van der Waals surface area contributed by atoms with Crippen LogP contribution in [0.2, 0.25) is 5.02 Å². The molecule has 0 radical (unpaired) electrons. The molecular formula is C26H22ClF3N4O4S. The van der Waals surface area contributed by atoms with Crippen LogP contribution in [0.4, 0.5) is 18.9 Å². The number of benzene rings is 3. The molecule has 204 valence electrons. The Hall–Kier alpha value is -3.74. The van der Waals surface area contributed by atoms with Crippen molar-refractivity contribution < 1.29 is 32.0 Å². The zero-order valence-corrected chi connectivity index (χ0v) is 22.2. The second-order valence-corrected chi connectivity index (χ2v) is 9.39. The molecule has 0 aliphatic carbocycles. The lowest BCUT2D eigenvalue weighted by Crippen LogP contribution is -2.15. The van der Waals surface area contributed by atoms with Gasteiger partial charge in [-0.05, 0) is 47.8 Å². The van der Waals surface area contributed by atoms with E-state index in [9.17, 15) is 18.0 Å². The van der Waals surface area contributed by atoms with Crippen LogP contribution in [-0.4, -0.2) is 30.3 Å². The third kappa shape index (κ3) is 7.22. The summed E-state index contributed by atoms with van der Waals surface area (Å²) in [5, 5.41) is 6.30. The fourth-order valence-corrected chi connectivity index (χ4v) is 4.56. The van der Waals surface area contributed by atoms with E-state index < -0.39 is 12.0 Å². The van der Waals surface area contributed by atoms with E-state index in [-0.39, 0.29) is 23.8 Å². The smallest absolute Gasteiger partial charge is 0.455 e. The van der Waals surface area contributed by atoms with Gasteiger partial charge in [0, 0.05) is 33.8 Å². The van der Waals surface area contributed by atoms with Gasteiger partial charge in [0.2, 0.25) is 5.91 Å². The van der Waals surface area contributed by atoms with Gasteiger partial charge in [0.05, 0.1) is 26.2 Å². The molecule has 13 heteroatoms. The van der Waals surface area contributed by atoms with Crippen LogP contribution in [-0.2, 0) is 23.9 Å². The number of carbonyl (C=O) groups is 1. The van der Waals surface area contributed by atoms with E-state index in [0.717, 1.165) is 17.5 Å². The molecule has 0 fully saturated rings. The van der Waals surface area contributed by atoms with Crippen molar-refractivity contribution in [3.05, 3.63) is 82.6 Å². The van der Waals surface area contributed by atoms with Crippen LogP contribution in [0.1, 0.15) is 17.0 Å². The summed E-state index contributed by atoms with van der Waals surface area (Å²) in [6, 6.07) is 17.0. The van der Waals surface area contributed by atoms with Crippen molar-refractivity contribution in [2.24, 2.45) is 0 Å². The fraction of sp³-hybridized carbons (Fsp3) is 0.192. The van der Waals surface area contributed by atoms with Gasteiger partial charge in [-0.15, -0.1) is 0 Å². The highest BCUT2D eigenvalue weighted by atomic mass is 35.5. The molecule has 2 N–H and O–H groups in total. The highest BCUT2D eigenvalue weighted by Crippen LogP contribution is 2.35. The Morgan fingerprint density at radius 3 is 2.54 bits per heavy atom. The van der Waals surface area contributed by atoms with Crippen LogP contribution in [0, 0.1) is 0 Å². The predicted octanol–water partition coefficient (Wildman–Crippen LogP) is 6.40. The Morgan fingerprint density at radius 2 is 1.85 bits per heavy atom. The van der Waals surface area contributed by atoms with Crippen molar-refractivity contribution in [3.8, 4) is 23.0 Å². The maximum atomic E-state index is 13.1. The Bertz CT molecular complexity index is 1470. The van der Waals surface area contributed by atoms with Crippen molar-refractivity contribution in [3.63, 3.8) is 0 Å². The Morgan fingerprint density at radius 1 is 1.05 bits per heavy atom. The average Bonchev–Trinajstić information content (AvgIpc) is 3.41. The number of hydrogen-bond acceptors (Lipinski definition) is 8. The van der Waals surface area contributed by atoms with Crippen molar-refractivity contribution in [1.82, 2.24) is 14.9 Å². The number of halogens is 4. The maximum Gasteiger partial charge on any atom is 0.455 e. The van der Waals surface area contributed by atoms with Gasteiger partial charge in [-0.2, -0.15) is 18.2 Å². The molecule has 0 aliphatic heterocycles. The second-order valence-electron chi connectivity index (χ2n) is 8.05. The van der Waals surface area contributed by atoms with Gasteiger partial charge in [0.25, 0.3) is 11.7 Å². The van der Waals surface area contributed by atoms with E-state index in [0.29, 0.717) is 39.2 Å². The van der Waals surface area contributed by atoms with Gasteiger partial charge in [0.15, 0.2) is 0 Å². The molecule has 0 aliphatic rings. The highest BCUT2D eigenvalue weighted by molar-refractivity contribution is 7.97. The fourth-order valence-electron chi connectivity index (χ4n) is 3.52. The predicted molar refractivity (Wildman–Crippen MR) is 141 cm³/mol. The summed E-state index contributed by atoms with van der Waals surface area (Å²) >= 11 is 7.27. The standard InChI is InChI=1S/C26H22ClF3N4O4S/c1-36-18-9-7-16(21(13-18)37-2)14-31-39-22-12-17(32-23(35)11-15-5-3-4-6-20(15)27)8-10-19(22)24-33-25(34-38-24)26(28,29)30/h3-10,12-13,31H,11,14H2,1-2H3,(H,32,35). The molecule has 4 rings (SSSR count). The van der Waals surface area contributed by atoms with Crippen LogP contribution in [0.5, 0.6) is 11.5 Å². The van der Waals surface area contributed by atoms with Crippen molar-refractivity contribution in [2.75, 3.05) is 19.5 Å². The van der Waals surface area contributed by atoms with Gasteiger partial charge in [-0.1, -0.05) is 41.0 Å². The van der Waals surface area contributed by atoms with E-state index in [2.05, 4.69) is 20.2 Å². The average molecular weight is 579 g/mol. The van der Waals surface area contributed by atoms with Gasteiger partial charge < -0.3 is 19.3 Å². The summed E-state index contributed by atoms with van der Waals surface area (Å²) in [5.74, 6) is -0.804. The lowest BCUT2D eigenvalue weighted by molar-refractivity contribution is -0.146. The van der Waals surface area contributed by atoms with E-state index in [4.69, 9.17) is 25.6 Å². The van der Waals surface area contributed by atoms with Gasteiger partial charge in [-0.3, -0.25) is 9.52 Å². The van der Waals surface area contributed by atoms with Crippen LogP contribution >= 0.6 is 23.5 Å². The first-order chi connectivity index (χ1) is 18.7. The molecule has 0 bridgehead atoms. The van der Waals surface area contributed by atoms with Crippen LogP contribution in [0.25, 0.3) is 11.5 Å². The molecule has 0 atom stereocenters. The molecule has 0 saturated heterocycles. The molecule has 1 aromatic heterocycles. The highest BCUT2D eigenvalue weighted by Gasteiger charge is 2.37. The largest absolute Gasteiger partial charge is 0.497 e. The SMILES string of the molecule is COc1ccc(CNSc2cc(NC(=O)Cc3ccccc3Cl)ccc2-c2nc(C(F)(F)F)no2)c(OC)c1. The second kappa shape index (κ2) is 12.4. The molecule has 0 unspecified atom stereocenters. The minimum atomic E-state index is -4.76. The molecule has 1 heterocycles. The van der Waals surface area contributed by atoms with E-state index in [1.54, 1.807) is 49.6 Å². The molecule has 0 spiro atoms. The molecule has 8 nitrogen and oxygen atoms in total. The molecule has 4 aromatic rings. The van der Waals surface area contributed by atoms with Crippen LogP contribution in [0.15, 0.2) is 70.1 Å². The number of rotatable bonds is 10.